The van der Waals surface area contributed by atoms with Crippen molar-refractivity contribution in [1.29, 1.82) is 0 Å². The monoisotopic (exact) mass is 238 g/mol. The largest absolute Gasteiger partial charge is 2.00 e. The normalized spacial score (nSPS) is 18.9. The van der Waals surface area contributed by atoms with Gasteiger partial charge >= 0.3 is 43.7 Å². The molecule has 0 bridgehead atoms. The van der Waals surface area contributed by atoms with E-state index < -0.39 is 37.0 Å². The number of aliphatic hydroxyl groups is 5. The standard InChI is InChI=1S/C6H12O7.Ca.2H/c7-1-2(8)3(9)4(10)5(11)6(12)13;;;/h2-5,7-11H,1H2,(H,12,13);;;/q;+2;2*-1. The summed E-state index contributed by atoms with van der Waals surface area (Å²) >= 11 is 0. The Morgan fingerprint density at radius 2 is 1.57 bits per heavy atom. The van der Waals surface area contributed by atoms with Gasteiger partial charge in [0, 0.05) is 0 Å². The van der Waals surface area contributed by atoms with Gasteiger partial charge in [0.1, 0.15) is 18.3 Å². The Balaban J connectivity index is -0.000000240. The molecule has 0 amide bonds. The third kappa shape index (κ3) is 4.85. The number of carboxylic acids is 1. The second kappa shape index (κ2) is 7.77. The van der Waals surface area contributed by atoms with Crippen molar-refractivity contribution >= 4 is 43.7 Å². The molecular formula is C6H14CaO7. The number of carboxylic acid groups (broad SMARTS) is 1. The van der Waals surface area contributed by atoms with E-state index in [2.05, 4.69) is 0 Å². The summed E-state index contributed by atoms with van der Waals surface area (Å²) in [6.45, 7) is -0.843. The molecule has 0 aromatic heterocycles. The van der Waals surface area contributed by atoms with Crippen molar-refractivity contribution in [1.82, 2.24) is 0 Å². The van der Waals surface area contributed by atoms with Crippen molar-refractivity contribution in [3.8, 4) is 0 Å². The summed E-state index contributed by atoms with van der Waals surface area (Å²) in [5.41, 5.74) is 0. The predicted octanol–water partition coefficient (Wildman–Crippen LogP) is -3.65. The van der Waals surface area contributed by atoms with Gasteiger partial charge in [-0.1, -0.05) is 0 Å². The van der Waals surface area contributed by atoms with Crippen LogP contribution in [0, 0.1) is 0 Å². The number of hydrogen-bond donors (Lipinski definition) is 6. The van der Waals surface area contributed by atoms with E-state index >= 15 is 0 Å². The summed E-state index contributed by atoms with van der Waals surface area (Å²) in [7, 11) is 0. The summed E-state index contributed by atoms with van der Waals surface area (Å²) in [5.74, 6) is -1.73. The maximum atomic E-state index is 10.1. The first kappa shape index (κ1) is 16.9. The van der Waals surface area contributed by atoms with Gasteiger partial charge < -0.3 is 33.5 Å². The Morgan fingerprint density at radius 1 is 1.14 bits per heavy atom. The number of aliphatic hydroxyl groups excluding tert-OH is 5. The van der Waals surface area contributed by atoms with Crippen LogP contribution in [0.15, 0.2) is 0 Å². The molecule has 8 heteroatoms. The fourth-order valence-electron chi connectivity index (χ4n) is 0.668. The Labute approximate surface area is 113 Å². The Kier molecular flexibility index (Phi) is 9.41. The maximum absolute atomic E-state index is 10.1. The minimum absolute atomic E-state index is 0. The quantitative estimate of drug-likeness (QED) is 0.271. The van der Waals surface area contributed by atoms with Crippen LogP contribution in [0.25, 0.3) is 0 Å². The third-order valence-corrected chi connectivity index (χ3v) is 1.51. The van der Waals surface area contributed by atoms with Gasteiger partial charge in [-0.2, -0.15) is 0 Å². The molecule has 0 aromatic carbocycles. The van der Waals surface area contributed by atoms with Gasteiger partial charge in [0.15, 0.2) is 6.10 Å². The average molecular weight is 238 g/mol. The van der Waals surface area contributed by atoms with Gasteiger partial charge in [-0.05, 0) is 0 Å². The molecule has 82 valence electrons. The second-order valence-corrected chi connectivity index (χ2v) is 2.51. The Morgan fingerprint density at radius 3 is 1.86 bits per heavy atom. The number of hydrogen-bond acceptors (Lipinski definition) is 6. The molecule has 0 radical (unpaired) electrons. The molecule has 4 unspecified atom stereocenters. The first-order valence-electron chi connectivity index (χ1n) is 3.47. The summed E-state index contributed by atoms with van der Waals surface area (Å²) in [5, 5.41) is 51.8. The van der Waals surface area contributed by atoms with Gasteiger partial charge in [0.05, 0.1) is 6.61 Å². The van der Waals surface area contributed by atoms with Gasteiger partial charge in [0.2, 0.25) is 0 Å². The van der Waals surface area contributed by atoms with Crippen LogP contribution in [-0.4, -0.2) is 105 Å². The van der Waals surface area contributed by atoms with E-state index in [1.165, 1.54) is 0 Å². The average Bonchev–Trinajstić information content (AvgIpc) is 2.12. The molecule has 0 aliphatic carbocycles. The maximum Gasteiger partial charge on any atom is 2.00 e. The zero-order chi connectivity index (χ0) is 10.6. The summed E-state index contributed by atoms with van der Waals surface area (Å²) < 4.78 is 0. The van der Waals surface area contributed by atoms with Crippen molar-refractivity contribution in [2.24, 2.45) is 0 Å². The molecule has 0 saturated heterocycles. The molecule has 6 N–H and O–H groups in total. The van der Waals surface area contributed by atoms with Gasteiger partial charge in [-0.25, -0.2) is 4.79 Å². The molecule has 0 spiro atoms. The van der Waals surface area contributed by atoms with Crippen molar-refractivity contribution < 1.29 is 38.3 Å². The van der Waals surface area contributed by atoms with Crippen molar-refractivity contribution in [2.45, 2.75) is 24.4 Å². The van der Waals surface area contributed by atoms with E-state index in [1.54, 1.807) is 0 Å². The molecule has 0 fully saturated rings. The van der Waals surface area contributed by atoms with Crippen molar-refractivity contribution in [3.63, 3.8) is 0 Å². The summed E-state index contributed by atoms with van der Waals surface area (Å²) in [4.78, 5) is 10.1. The Bertz CT molecular complexity index is 184. The third-order valence-electron chi connectivity index (χ3n) is 1.51. The molecule has 0 saturated carbocycles. The zero-order valence-corrected chi connectivity index (χ0v) is 9.52. The number of carbonyl (C=O) groups is 1. The van der Waals surface area contributed by atoms with Crippen LogP contribution in [0.2, 0.25) is 0 Å². The van der Waals surface area contributed by atoms with E-state index in [0.717, 1.165) is 0 Å². The minimum Gasteiger partial charge on any atom is -1.00 e. The molecule has 4 atom stereocenters. The molecule has 0 aromatic rings. The fourth-order valence-corrected chi connectivity index (χ4v) is 0.668. The molecular weight excluding hydrogens is 224 g/mol. The molecule has 0 aliphatic heterocycles. The van der Waals surface area contributed by atoms with Crippen LogP contribution in [0.5, 0.6) is 0 Å². The van der Waals surface area contributed by atoms with Gasteiger partial charge in [-0.15, -0.1) is 0 Å². The first-order valence-corrected chi connectivity index (χ1v) is 3.47. The van der Waals surface area contributed by atoms with E-state index in [0.29, 0.717) is 0 Å². The fraction of sp³-hybridized carbons (Fsp3) is 0.833. The Hall–Kier alpha value is 0.530. The number of aliphatic carboxylic acids is 1. The van der Waals surface area contributed by atoms with Crippen molar-refractivity contribution in [2.75, 3.05) is 6.61 Å². The molecule has 0 aliphatic rings. The second-order valence-electron chi connectivity index (χ2n) is 2.51. The molecule has 7 nitrogen and oxygen atoms in total. The predicted molar refractivity (Wildman–Crippen MR) is 46.7 cm³/mol. The smallest absolute Gasteiger partial charge is 1.00 e. The van der Waals surface area contributed by atoms with Crippen LogP contribution in [-0.2, 0) is 4.79 Å². The van der Waals surface area contributed by atoms with Crippen LogP contribution in [0.4, 0.5) is 0 Å². The topological polar surface area (TPSA) is 138 Å². The SMILES string of the molecule is O=C(O)C(O)C(O)C(O)C(O)CO.[Ca+2].[H-].[H-]. The van der Waals surface area contributed by atoms with Crippen LogP contribution in [0.1, 0.15) is 2.85 Å². The van der Waals surface area contributed by atoms with E-state index in [9.17, 15) is 4.79 Å². The van der Waals surface area contributed by atoms with E-state index in [1.807, 2.05) is 0 Å². The summed E-state index contributed by atoms with van der Waals surface area (Å²) in [6.07, 6.45) is -7.84. The summed E-state index contributed by atoms with van der Waals surface area (Å²) in [6, 6.07) is 0. The zero-order valence-electron chi connectivity index (χ0n) is 9.32. The van der Waals surface area contributed by atoms with Crippen LogP contribution >= 0.6 is 0 Å². The molecule has 0 rings (SSSR count). The van der Waals surface area contributed by atoms with Gasteiger partial charge in [-0.3, -0.25) is 0 Å². The van der Waals surface area contributed by atoms with Crippen LogP contribution < -0.4 is 0 Å². The number of rotatable bonds is 5. The van der Waals surface area contributed by atoms with Crippen molar-refractivity contribution in [3.05, 3.63) is 0 Å². The van der Waals surface area contributed by atoms with Crippen LogP contribution in [0.3, 0.4) is 0 Å². The first-order chi connectivity index (χ1) is 5.91. The van der Waals surface area contributed by atoms with Gasteiger partial charge in [0.25, 0.3) is 0 Å². The minimum atomic E-state index is -2.20. The molecule has 0 heterocycles. The van der Waals surface area contributed by atoms with E-state index in [-0.39, 0.29) is 40.6 Å². The molecule has 14 heavy (non-hydrogen) atoms. The van der Waals surface area contributed by atoms with E-state index in [4.69, 9.17) is 30.6 Å².